The third kappa shape index (κ3) is 6.07. The van der Waals surface area contributed by atoms with Crippen LogP contribution >= 0.6 is 34.5 Å². The summed E-state index contributed by atoms with van der Waals surface area (Å²) in [7, 11) is 0. The molecule has 4 rings (SSSR count). The summed E-state index contributed by atoms with van der Waals surface area (Å²) in [6.45, 7) is 1.69. The maximum atomic E-state index is 13.1. The van der Waals surface area contributed by atoms with E-state index in [9.17, 15) is 4.79 Å². The highest BCUT2D eigenvalue weighted by Gasteiger charge is 2.14. The van der Waals surface area contributed by atoms with Gasteiger partial charge in [-0.25, -0.2) is 4.99 Å². The molecule has 0 spiro atoms. The highest BCUT2D eigenvalue weighted by molar-refractivity contribution is 7.07. The van der Waals surface area contributed by atoms with Crippen molar-refractivity contribution in [1.29, 1.82) is 0 Å². The van der Waals surface area contributed by atoms with E-state index in [0.717, 1.165) is 46.1 Å². The number of hydrogen-bond acceptors (Lipinski definition) is 4. The molecule has 5 nitrogen and oxygen atoms in total. The lowest BCUT2D eigenvalue weighted by Crippen LogP contribution is -2.28. The molecule has 0 radical (unpaired) electrons. The molecule has 1 heterocycles. The fraction of sp³-hybridized carbons (Fsp3) is 0.231. The first-order chi connectivity index (χ1) is 16.5. The van der Waals surface area contributed by atoms with Crippen LogP contribution in [0.15, 0.2) is 71.0 Å². The van der Waals surface area contributed by atoms with Crippen molar-refractivity contribution in [2.75, 3.05) is 6.54 Å². The smallest absolute Gasteiger partial charge is 0.269 e. The zero-order valence-corrected chi connectivity index (χ0v) is 21.0. The molecule has 176 valence electrons. The molecule has 0 saturated carbocycles. The molecule has 1 aromatic heterocycles. The molecular weight excluding hydrogens is 487 g/mol. The largest absolute Gasteiger partial charge is 0.347 e. The first-order valence-electron chi connectivity index (χ1n) is 11.2. The van der Waals surface area contributed by atoms with Gasteiger partial charge in [0.2, 0.25) is 0 Å². The average Bonchev–Trinajstić information content (AvgIpc) is 3.22. The molecule has 0 aliphatic rings. The first kappa shape index (κ1) is 24.5. The van der Waals surface area contributed by atoms with Crippen LogP contribution in [0.4, 0.5) is 5.69 Å². The Bertz CT molecular complexity index is 1340. The molecule has 0 aliphatic heterocycles. The second kappa shape index (κ2) is 11.7. The van der Waals surface area contributed by atoms with E-state index >= 15 is 0 Å². The van der Waals surface area contributed by atoms with Crippen molar-refractivity contribution in [1.82, 2.24) is 9.88 Å². The van der Waals surface area contributed by atoms with Crippen molar-refractivity contribution in [2.45, 2.75) is 32.4 Å². The normalized spacial score (nSPS) is 11.8. The lowest BCUT2D eigenvalue weighted by atomic mass is 10.1. The quantitative estimate of drug-likeness (QED) is 0.258. The van der Waals surface area contributed by atoms with E-state index < -0.39 is 0 Å². The Labute approximate surface area is 212 Å². The van der Waals surface area contributed by atoms with Crippen LogP contribution in [0.3, 0.4) is 0 Å². The van der Waals surface area contributed by atoms with Crippen molar-refractivity contribution in [3.63, 3.8) is 0 Å². The van der Waals surface area contributed by atoms with Crippen LogP contribution in [0.25, 0.3) is 10.8 Å². The summed E-state index contributed by atoms with van der Waals surface area (Å²) in [5.74, 6) is -0.162. The summed E-state index contributed by atoms with van der Waals surface area (Å²) in [5.41, 5.74) is 7.98. The number of thiazole rings is 1. The molecule has 3 aromatic carbocycles. The summed E-state index contributed by atoms with van der Waals surface area (Å²) in [6.07, 6.45) is 2.87. The number of rotatable bonds is 9. The molecule has 8 heteroatoms. The molecular formula is C26H26Cl2N4OS. The minimum Gasteiger partial charge on any atom is -0.347 e. The van der Waals surface area contributed by atoms with Crippen molar-refractivity contribution in [3.05, 3.63) is 92.1 Å². The molecule has 34 heavy (non-hydrogen) atoms. The Morgan fingerprint density at radius 1 is 1.00 bits per heavy atom. The topological polar surface area (TPSA) is 72.4 Å². The van der Waals surface area contributed by atoms with E-state index in [-0.39, 0.29) is 5.91 Å². The number of carbonyl (C=O) groups is 1. The summed E-state index contributed by atoms with van der Waals surface area (Å²) >= 11 is 13.6. The second-order valence-electron chi connectivity index (χ2n) is 7.97. The average molecular weight is 513 g/mol. The predicted octanol–water partition coefficient (Wildman–Crippen LogP) is 6.30. The second-order valence-corrected chi connectivity index (χ2v) is 9.68. The van der Waals surface area contributed by atoms with Gasteiger partial charge in [-0.15, -0.1) is 11.3 Å². The minimum atomic E-state index is -0.162. The Hall–Kier alpha value is -2.64. The number of aromatic nitrogens is 1. The maximum Gasteiger partial charge on any atom is 0.269 e. The molecule has 0 unspecified atom stereocenters. The van der Waals surface area contributed by atoms with Crippen molar-refractivity contribution in [3.8, 4) is 0 Å². The molecule has 0 saturated heterocycles. The number of unbranched alkanes of at least 4 members (excludes halogenated alkanes) is 2. The third-order valence-electron chi connectivity index (χ3n) is 5.47. The molecule has 0 aliphatic carbocycles. The number of amides is 1. The van der Waals surface area contributed by atoms with Gasteiger partial charge >= 0.3 is 0 Å². The van der Waals surface area contributed by atoms with Gasteiger partial charge in [-0.3, -0.25) is 4.79 Å². The lowest BCUT2D eigenvalue weighted by Gasteiger charge is -2.10. The van der Waals surface area contributed by atoms with Crippen LogP contribution < -0.4 is 15.9 Å². The summed E-state index contributed by atoms with van der Waals surface area (Å²) < 4.78 is 2.00. The molecule has 0 fully saturated rings. The number of fused-ring (bicyclic) bond motifs is 1. The van der Waals surface area contributed by atoms with Gasteiger partial charge in [-0.1, -0.05) is 66.0 Å². The van der Waals surface area contributed by atoms with Gasteiger partial charge in [0, 0.05) is 33.9 Å². The fourth-order valence-corrected chi connectivity index (χ4v) is 5.29. The Morgan fingerprint density at radius 2 is 1.76 bits per heavy atom. The van der Waals surface area contributed by atoms with E-state index in [1.165, 1.54) is 11.3 Å². The van der Waals surface area contributed by atoms with Gasteiger partial charge in [0.15, 0.2) is 4.80 Å². The van der Waals surface area contributed by atoms with E-state index in [1.807, 2.05) is 34.2 Å². The van der Waals surface area contributed by atoms with Crippen molar-refractivity contribution in [2.24, 2.45) is 10.7 Å². The number of nitrogens with two attached hydrogens (primary N) is 1. The molecule has 0 atom stereocenters. The zero-order valence-electron chi connectivity index (χ0n) is 18.6. The third-order valence-corrected chi connectivity index (χ3v) is 6.77. The summed E-state index contributed by atoms with van der Waals surface area (Å²) in [5, 5.41) is 8.15. The van der Waals surface area contributed by atoms with Crippen LogP contribution in [0, 0.1) is 0 Å². The van der Waals surface area contributed by atoms with Crippen molar-refractivity contribution >= 4 is 56.9 Å². The van der Waals surface area contributed by atoms with Crippen LogP contribution in [0.5, 0.6) is 0 Å². The molecule has 3 N–H and O–H groups in total. The van der Waals surface area contributed by atoms with Crippen LogP contribution in [0.2, 0.25) is 10.0 Å². The summed E-state index contributed by atoms with van der Waals surface area (Å²) in [6, 6.07) is 19.5. The first-order valence-corrected chi connectivity index (χ1v) is 12.8. The van der Waals surface area contributed by atoms with Gasteiger partial charge in [0.25, 0.3) is 5.91 Å². The highest BCUT2D eigenvalue weighted by Crippen LogP contribution is 2.25. The molecule has 0 bridgehead atoms. The number of hydrogen-bond donors (Lipinski definition) is 2. The number of nitrogens with one attached hydrogen (secondary N) is 1. The van der Waals surface area contributed by atoms with Gasteiger partial charge in [-0.2, -0.15) is 0 Å². The standard InChI is InChI=1S/C26H26Cl2N4OS/c27-20-13-18(14-21(28)15-20)16-30-25(33)24-17-34-26(32(24)12-5-1-4-11-29)31-23-10-6-8-19-7-2-3-9-22(19)23/h2-3,6-10,13-15,17H,1,4-5,11-12,16,29H2,(H,30,33). The maximum absolute atomic E-state index is 13.1. The van der Waals surface area contributed by atoms with Gasteiger partial charge in [0.1, 0.15) is 5.69 Å². The highest BCUT2D eigenvalue weighted by atomic mass is 35.5. The van der Waals surface area contributed by atoms with Gasteiger partial charge < -0.3 is 15.6 Å². The number of nitrogens with zero attached hydrogens (tertiary/aromatic N) is 2. The zero-order chi connectivity index (χ0) is 23.9. The molecule has 1 amide bonds. The SMILES string of the molecule is NCCCCCn1c(C(=O)NCc2cc(Cl)cc(Cl)c2)csc1=Nc1cccc2ccccc12. The Kier molecular flexibility index (Phi) is 8.40. The Balaban J connectivity index is 1.64. The van der Waals surface area contributed by atoms with Crippen LogP contribution in [0.1, 0.15) is 35.3 Å². The lowest BCUT2D eigenvalue weighted by molar-refractivity contribution is 0.0941. The monoisotopic (exact) mass is 512 g/mol. The Morgan fingerprint density at radius 3 is 2.56 bits per heavy atom. The van der Waals surface area contributed by atoms with E-state index in [4.69, 9.17) is 33.9 Å². The predicted molar refractivity (Wildman–Crippen MR) is 142 cm³/mol. The van der Waals surface area contributed by atoms with E-state index in [2.05, 4.69) is 23.5 Å². The van der Waals surface area contributed by atoms with Crippen LogP contribution in [-0.2, 0) is 13.1 Å². The number of halogens is 2. The van der Waals surface area contributed by atoms with E-state index in [1.54, 1.807) is 18.2 Å². The number of carbonyl (C=O) groups excluding carboxylic acids is 1. The fourth-order valence-electron chi connectivity index (χ4n) is 3.80. The number of benzene rings is 3. The summed E-state index contributed by atoms with van der Waals surface area (Å²) in [4.78, 5) is 18.9. The van der Waals surface area contributed by atoms with Crippen molar-refractivity contribution < 1.29 is 4.79 Å². The van der Waals surface area contributed by atoms with Crippen LogP contribution in [-0.4, -0.2) is 17.0 Å². The minimum absolute atomic E-state index is 0.162. The van der Waals surface area contributed by atoms with E-state index in [0.29, 0.717) is 35.4 Å². The molecule has 4 aromatic rings. The van der Waals surface area contributed by atoms with Gasteiger partial charge in [0.05, 0.1) is 5.69 Å². The van der Waals surface area contributed by atoms with Gasteiger partial charge in [-0.05, 0) is 54.6 Å².